The fraction of sp³-hybridized carbons (Fsp3) is 0.600. The number of hydrogen-bond donors (Lipinski definition) is 1. The number of nitrogens with one attached hydrogen (secondary N) is 1. The molecule has 0 heterocycles. The second kappa shape index (κ2) is 5.83. The van der Waals surface area contributed by atoms with E-state index in [1.165, 1.54) is 25.7 Å². The van der Waals surface area contributed by atoms with Gasteiger partial charge in [-0.15, -0.1) is 0 Å². The van der Waals surface area contributed by atoms with Crippen molar-refractivity contribution in [1.29, 1.82) is 0 Å². The van der Waals surface area contributed by atoms with E-state index in [9.17, 15) is 0 Å². The third-order valence-corrected chi connectivity index (χ3v) is 4.38. The molecule has 2 nitrogen and oxygen atoms in total. The average molecular weight is 268 g/mol. The van der Waals surface area contributed by atoms with E-state index in [1.54, 1.807) is 7.11 Å². The van der Waals surface area contributed by atoms with Gasteiger partial charge in [0.25, 0.3) is 0 Å². The summed E-state index contributed by atoms with van der Waals surface area (Å²) in [6.07, 6.45) is 5.41. The lowest BCUT2D eigenvalue weighted by Gasteiger charge is -2.23. The number of anilines is 1. The van der Waals surface area contributed by atoms with Crippen LogP contribution in [0.3, 0.4) is 0 Å². The van der Waals surface area contributed by atoms with Crippen LogP contribution in [0.1, 0.15) is 38.2 Å². The Morgan fingerprint density at radius 3 is 2.61 bits per heavy atom. The molecule has 1 aliphatic rings. The zero-order valence-electron chi connectivity index (χ0n) is 11.4. The summed E-state index contributed by atoms with van der Waals surface area (Å²) in [7, 11) is 1.69. The summed E-state index contributed by atoms with van der Waals surface area (Å²) in [6.45, 7) is 4.28. The number of hydrogen-bond acceptors (Lipinski definition) is 2. The predicted octanol–water partition coefficient (Wildman–Crippen LogP) is 4.65. The third-order valence-electron chi connectivity index (χ3n) is 3.97. The van der Waals surface area contributed by atoms with Crippen molar-refractivity contribution in [3.63, 3.8) is 0 Å². The highest BCUT2D eigenvalue weighted by Gasteiger charge is 2.22. The summed E-state index contributed by atoms with van der Waals surface area (Å²) in [4.78, 5) is 0. The Hall–Kier alpha value is -0.890. The van der Waals surface area contributed by atoms with Crippen molar-refractivity contribution < 1.29 is 4.74 Å². The van der Waals surface area contributed by atoms with Gasteiger partial charge in [-0.25, -0.2) is 0 Å². The molecule has 2 rings (SSSR count). The van der Waals surface area contributed by atoms with Crippen LogP contribution in [-0.4, -0.2) is 13.2 Å². The van der Waals surface area contributed by atoms with Crippen LogP contribution >= 0.6 is 11.6 Å². The number of rotatable bonds is 4. The maximum absolute atomic E-state index is 6.12. The van der Waals surface area contributed by atoms with Gasteiger partial charge in [0.2, 0.25) is 0 Å². The predicted molar refractivity (Wildman–Crippen MR) is 77.8 cm³/mol. The van der Waals surface area contributed by atoms with Crippen molar-refractivity contribution >= 4 is 17.3 Å². The molecule has 0 bridgehead atoms. The largest absolute Gasteiger partial charge is 0.495 e. The van der Waals surface area contributed by atoms with Gasteiger partial charge in [-0.3, -0.25) is 0 Å². The Kier molecular flexibility index (Phi) is 4.39. The SMILES string of the molecule is COc1cc(Cl)c(C)cc1NC(C)C1CCCC1. The maximum atomic E-state index is 6.12. The quantitative estimate of drug-likeness (QED) is 0.858. The molecule has 1 saturated carbocycles. The molecule has 1 N–H and O–H groups in total. The zero-order chi connectivity index (χ0) is 13.1. The molecule has 1 unspecified atom stereocenters. The lowest BCUT2D eigenvalue weighted by atomic mass is 9.99. The van der Waals surface area contributed by atoms with Crippen molar-refractivity contribution in [2.24, 2.45) is 5.92 Å². The Morgan fingerprint density at radius 1 is 1.33 bits per heavy atom. The van der Waals surface area contributed by atoms with E-state index < -0.39 is 0 Å². The first-order valence-electron chi connectivity index (χ1n) is 6.72. The molecule has 1 atom stereocenters. The fourth-order valence-electron chi connectivity index (χ4n) is 2.77. The van der Waals surface area contributed by atoms with Crippen molar-refractivity contribution in [2.45, 2.75) is 45.6 Å². The van der Waals surface area contributed by atoms with Crippen LogP contribution < -0.4 is 10.1 Å². The molecule has 0 aliphatic heterocycles. The standard InChI is InChI=1S/C15H22ClNO/c1-10-8-14(15(18-3)9-13(10)16)17-11(2)12-6-4-5-7-12/h8-9,11-12,17H,4-7H2,1-3H3. The highest BCUT2D eigenvalue weighted by Crippen LogP contribution is 2.34. The van der Waals surface area contributed by atoms with Gasteiger partial charge >= 0.3 is 0 Å². The van der Waals surface area contributed by atoms with E-state index in [1.807, 2.05) is 13.0 Å². The normalized spacial score (nSPS) is 17.8. The van der Waals surface area contributed by atoms with Crippen LogP contribution in [0.2, 0.25) is 5.02 Å². The molecule has 3 heteroatoms. The molecule has 0 amide bonds. The highest BCUT2D eigenvalue weighted by molar-refractivity contribution is 6.31. The molecule has 1 fully saturated rings. The van der Waals surface area contributed by atoms with E-state index in [4.69, 9.17) is 16.3 Å². The number of methoxy groups -OCH3 is 1. The Bertz CT molecular complexity index is 413. The number of benzene rings is 1. The van der Waals surface area contributed by atoms with Gasteiger partial charge in [-0.05, 0) is 44.2 Å². The molecule has 1 aromatic rings. The van der Waals surface area contributed by atoms with Gasteiger partial charge in [0.05, 0.1) is 12.8 Å². The van der Waals surface area contributed by atoms with Crippen LogP contribution in [0.4, 0.5) is 5.69 Å². The summed E-state index contributed by atoms with van der Waals surface area (Å²) in [5.41, 5.74) is 2.14. The lowest BCUT2D eigenvalue weighted by Crippen LogP contribution is -2.24. The maximum Gasteiger partial charge on any atom is 0.143 e. The minimum atomic E-state index is 0.488. The molecule has 1 aliphatic carbocycles. The van der Waals surface area contributed by atoms with E-state index >= 15 is 0 Å². The van der Waals surface area contributed by atoms with E-state index in [-0.39, 0.29) is 0 Å². The highest BCUT2D eigenvalue weighted by atomic mass is 35.5. The van der Waals surface area contributed by atoms with Crippen molar-refractivity contribution in [2.75, 3.05) is 12.4 Å². The van der Waals surface area contributed by atoms with Gasteiger partial charge in [0.1, 0.15) is 5.75 Å². The minimum absolute atomic E-state index is 0.488. The lowest BCUT2D eigenvalue weighted by molar-refractivity contribution is 0.413. The van der Waals surface area contributed by atoms with Gasteiger partial charge in [-0.1, -0.05) is 24.4 Å². The molecule has 0 aromatic heterocycles. The van der Waals surface area contributed by atoms with Crippen LogP contribution in [0.5, 0.6) is 5.75 Å². The van der Waals surface area contributed by atoms with Crippen molar-refractivity contribution in [1.82, 2.24) is 0 Å². The van der Waals surface area contributed by atoms with Crippen molar-refractivity contribution in [3.05, 3.63) is 22.7 Å². The molecule has 1 aromatic carbocycles. The summed E-state index contributed by atoms with van der Waals surface area (Å²) in [6, 6.07) is 4.45. The summed E-state index contributed by atoms with van der Waals surface area (Å²) < 4.78 is 5.40. The second-order valence-electron chi connectivity index (χ2n) is 5.28. The first kappa shape index (κ1) is 13.5. The molecule has 0 radical (unpaired) electrons. The van der Waals surface area contributed by atoms with E-state index in [0.717, 1.165) is 27.9 Å². The van der Waals surface area contributed by atoms with Crippen molar-refractivity contribution in [3.8, 4) is 5.75 Å². The van der Waals surface area contributed by atoms with Crippen LogP contribution in [0, 0.1) is 12.8 Å². The first-order chi connectivity index (χ1) is 8.61. The molecular weight excluding hydrogens is 246 g/mol. The van der Waals surface area contributed by atoms with Gasteiger partial charge in [0.15, 0.2) is 0 Å². The number of halogens is 1. The van der Waals surface area contributed by atoms with E-state index in [0.29, 0.717) is 6.04 Å². The Morgan fingerprint density at radius 2 is 2.00 bits per heavy atom. The van der Waals surface area contributed by atoms with Crippen LogP contribution in [0.15, 0.2) is 12.1 Å². The van der Waals surface area contributed by atoms with Crippen LogP contribution in [-0.2, 0) is 0 Å². The summed E-state index contributed by atoms with van der Waals surface area (Å²) in [5, 5.41) is 4.34. The van der Waals surface area contributed by atoms with E-state index in [2.05, 4.69) is 18.3 Å². The zero-order valence-corrected chi connectivity index (χ0v) is 12.2. The fourth-order valence-corrected chi connectivity index (χ4v) is 2.92. The monoisotopic (exact) mass is 267 g/mol. The Balaban J connectivity index is 2.14. The molecule has 0 spiro atoms. The second-order valence-corrected chi connectivity index (χ2v) is 5.69. The van der Waals surface area contributed by atoms with Gasteiger partial charge in [0, 0.05) is 17.1 Å². The Labute approximate surface area is 115 Å². The smallest absolute Gasteiger partial charge is 0.143 e. The molecule has 18 heavy (non-hydrogen) atoms. The van der Waals surface area contributed by atoms with Gasteiger partial charge in [-0.2, -0.15) is 0 Å². The minimum Gasteiger partial charge on any atom is -0.495 e. The summed E-state index contributed by atoms with van der Waals surface area (Å²) in [5.74, 6) is 1.61. The number of aryl methyl sites for hydroxylation is 1. The third kappa shape index (κ3) is 2.92. The average Bonchev–Trinajstić information content (AvgIpc) is 2.87. The summed E-state index contributed by atoms with van der Waals surface area (Å²) >= 11 is 6.12. The molecule has 0 saturated heterocycles. The van der Waals surface area contributed by atoms with Gasteiger partial charge < -0.3 is 10.1 Å². The first-order valence-corrected chi connectivity index (χ1v) is 7.10. The molecule has 100 valence electrons. The topological polar surface area (TPSA) is 21.3 Å². The molecular formula is C15H22ClNO. The number of ether oxygens (including phenoxy) is 1. The van der Waals surface area contributed by atoms with Crippen LogP contribution in [0.25, 0.3) is 0 Å².